The molecule has 2 aliphatic carbocycles. The van der Waals surface area contributed by atoms with Crippen molar-refractivity contribution in [3.63, 3.8) is 0 Å². The summed E-state index contributed by atoms with van der Waals surface area (Å²) in [6.45, 7) is 1.38. The topological polar surface area (TPSA) is 207 Å². The molecule has 72 heavy (non-hydrogen) atoms. The monoisotopic (exact) mass is 1080 g/mol. The second-order valence-electron chi connectivity index (χ2n) is 18.5. The third-order valence-corrected chi connectivity index (χ3v) is 15.2. The molecule has 0 spiro atoms. The Morgan fingerprint density at radius 3 is 2.17 bits per heavy atom. The number of aliphatic hydroxyl groups is 1. The molecule has 4 N–H and O–H groups in total. The highest BCUT2D eigenvalue weighted by molar-refractivity contribution is 7.93. The van der Waals surface area contributed by atoms with E-state index in [9.17, 15) is 66.7 Å². The minimum atomic E-state index is -5.22. The van der Waals surface area contributed by atoms with Gasteiger partial charge in [0.2, 0.25) is 21.8 Å². The number of amides is 2. The van der Waals surface area contributed by atoms with E-state index < -0.39 is 166 Å². The van der Waals surface area contributed by atoms with Crippen molar-refractivity contribution >= 4 is 60.0 Å². The molecule has 0 saturated heterocycles. The van der Waals surface area contributed by atoms with Gasteiger partial charge >= 0.3 is 12.4 Å². The van der Waals surface area contributed by atoms with Crippen molar-refractivity contribution in [3.05, 3.63) is 93.0 Å². The number of sulfone groups is 1. The number of nitrogens with one attached hydrogen (secondary N) is 3. The lowest BCUT2D eigenvalue weighted by molar-refractivity contribution is -0.142. The van der Waals surface area contributed by atoms with Crippen LogP contribution in [0.15, 0.2) is 42.5 Å². The van der Waals surface area contributed by atoms with Crippen LogP contribution >= 0.6 is 11.6 Å². The summed E-state index contributed by atoms with van der Waals surface area (Å²) in [6.07, 6.45) is -10.4. The van der Waals surface area contributed by atoms with Crippen molar-refractivity contribution in [1.82, 2.24) is 35.2 Å². The highest BCUT2D eigenvalue weighted by atomic mass is 35.5. The van der Waals surface area contributed by atoms with Crippen LogP contribution in [0.25, 0.3) is 22.0 Å². The molecule has 0 radical (unpaired) electrons. The van der Waals surface area contributed by atoms with Crippen LogP contribution in [0.4, 0.5) is 49.7 Å². The summed E-state index contributed by atoms with van der Waals surface area (Å²) in [4.78, 5) is 31.3. The molecule has 3 atom stereocenters. The van der Waals surface area contributed by atoms with Gasteiger partial charge in [0, 0.05) is 34.9 Å². The predicted molar refractivity (Wildman–Crippen MR) is 239 cm³/mol. The zero-order chi connectivity index (χ0) is 53.5. The summed E-state index contributed by atoms with van der Waals surface area (Å²) >= 11 is 6.56. The van der Waals surface area contributed by atoms with E-state index >= 15 is 8.78 Å². The standard InChI is InChI=1S/C44H41ClF10N8O7S2/c1-40(2,20-64)58-32(66)18-72(69,70)61-39-34-29(45)9-8-26(36(34)63(60-39)19-42(48,49)50)25-7-6-24(10-11-41(3,4)71(5,67)68)56-35(25)30(14-21-12-22(46)15-23(47)13-21)57-31(65)17-62-38-33(37(59-62)44(53,54)55)27-16-28(27)43(38,51)52/h6-9,12-13,15,27-28,30,64H,14,16-20H2,1-5H3,(H,57,65)(H,58,66)(H,60,61)/t27-,28+,30-/m0/s1. The number of hydrogen-bond acceptors (Lipinski definition) is 10. The molecule has 0 bridgehead atoms. The molecule has 388 valence electrons. The third kappa shape index (κ3) is 11.3. The maximum absolute atomic E-state index is 15.6. The lowest BCUT2D eigenvalue weighted by atomic mass is 9.93. The molecule has 0 aliphatic heterocycles. The Balaban J connectivity index is 1.43. The lowest BCUT2D eigenvalue weighted by Crippen LogP contribution is -2.48. The molecular formula is C44H41ClF10N8O7S2. The number of halogens is 11. The smallest absolute Gasteiger partial charge is 0.394 e. The Hall–Kier alpha value is -5.98. The van der Waals surface area contributed by atoms with E-state index in [1.165, 1.54) is 33.8 Å². The second-order valence-corrected chi connectivity index (χ2v) is 23.2. The van der Waals surface area contributed by atoms with Crippen LogP contribution in [0.2, 0.25) is 5.02 Å². The Labute approximate surface area is 408 Å². The number of carbonyl (C=O) groups excluding carboxylic acids is 2. The van der Waals surface area contributed by atoms with Gasteiger partial charge in [-0.3, -0.25) is 23.7 Å². The van der Waals surface area contributed by atoms with Gasteiger partial charge in [0.05, 0.1) is 39.8 Å². The van der Waals surface area contributed by atoms with Crippen molar-refractivity contribution < 1.29 is 75.4 Å². The van der Waals surface area contributed by atoms with Gasteiger partial charge in [-0.25, -0.2) is 30.6 Å². The lowest BCUT2D eigenvalue weighted by Gasteiger charge is -2.23. The normalized spacial score (nSPS) is 17.2. The van der Waals surface area contributed by atoms with E-state index in [1.807, 2.05) is 4.72 Å². The van der Waals surface area contributed by atoms with Gasteiger partial charge in [-0.15, -0.1) is 0 Å². The number of carbonyl (C=O) groups is 2. The zero-order valence-electron chi connectivity index (χ0n) is 38.1. The first-order chi connectivity index (χ1) is 33.0. The number of benzene rings is 2. The minimum absolute atomic E-state index is 0.195. The van der Waals surface area contributed by atoms with Gasteiger partial charge in [-0.2, -0.15) is 45.3 Å². The first-order valence-corrected chi connectivity index (χ1v) is 25.2. The summed E-state index contributed by atoms with van der Waals surface area (Å²) in [6, 6.07) is 4.88. The number of aromatic nitrogens is 5. The zero-order valence-corrected chi connectivity index (χ0v) is 40.5. The fourth-order valence-electron chi connectivity index (χ4n) is 8.16. The van der Waals surface area contributed by atoms with Crippen molar-refractivity contribution in [2.24, 2.45) is 5.92 Å². The van der Waals surface area contributed by atoms with Crippen LogP contribution in [-0.2, 0) is 61.1 Å². The van der Waals surface area contributed by atoms with Crippen LogP contribution in [0.1, 0.15) is 80.0 Å². The number of rotatable bonds is 15. The van der Waals surface area contributed by atoms with Crippen LogP contribution < -0.4 is 15.4 Å². The molecule has 2 aromatic carbocycles. The average molecular weight is 1080 g/mol. The Morgan fingerprint density at radius 2 is 1.57 bits per heavy atom. The molecule has 2 amide bonds. The van der Waals surface area contributed by atoms with Gasteiger partial charge < -0.3 is 15.7 Å². The van der Waals surface area contributed by atoms with Gasteiger partial charge in [0.15, 0.2) is 21.3 Å². The minimum Gasteiger partial charge on any atom is -0.394 e. The van der Waals surface area contributed by atoms with Gasteiger partial charge in [-0.05, 0) is 88.3 Å². The van der Waals surface area contributed by atoms with Crippen molar-refractivity contribution in [2.75, 3.05) is 23.3 Å². The van der Waals surface area contributed by atoms with Crippen molar-refractivity contribution in [3.8, 4) is 23.0 Å². The van der Waals surface area contributed by atoms with E-state index in [4.69, 9.17) is 11.6 Å². The fourth-order valence-corrected chi connectivity index (χ4v) is 9.56. The van der Waals surface area contributed by atoms with Crippen molar-refractivity contribution in [1.29, 1.82) is 0 Å². The molecule has 7 rings (SSSR count). The van der Waals surface area contributed by atoms with E-state index in [1.54, 1.807) is 0 Å². The molecule has 2 aliphatic rings. The quantitative estimate of drug-likeness (QED) is 0.0629. The molecule has 15 nitrogen and oxygen atoms in total. The number of anilines is 1. The molecule has 1 saturated carbocycles. The molecule has 1 fully saturated rings. The molecule has 3 heterocycles. The number of pyridine rings is 1. The number of nitrogens with zero attached hydrogens (tertiary/aromatic N) is 5. The Morgan fingerprint density at radius 1 is 0.931 bits per heavy atom. The maximum atomic E-state index is 15.6. The van der Waals surface area contributed by atoms with E-state index in [0.717, 1.165) is 36.6 Å². The number of alkyl halides is 8. The largest absolute Gasteiger partial charge is 0.435 e. The predicted octanol–water partition coefficient (Wildman–Crippen LogP) is 6.92. The summed E-state index contributed by atoms with van der Waals surface area (Å²) in [5, 5.41) is 20.6. The first kappa shape index (κ1) is 53.8. The summed E-state index contributed by atoms with van der Waals surface area (Å²) in [7, 11) is -8.74. The molecule has 0 unspecified atom stereocenters. The molecular weight excluding hydrogens is 1040 g/mol. The number of hydrogen-bond donors (Lipinski definition) is 4. The summed E-state index contributed by atoms with van der Waals surface area (Å²) < 4.78 is 199. The van der Waals surface area contributed by atoms with Crippen molar-refractivity contribution in [2.45, 2.75) is 94.1 Å². The maximum Gasteiger partial charge on any atom is 0.435 e. The summed E-state index contributed by atoms with van der Waals surface area (Å²) in [5.74, 6) is -8.32. The number of sulfonamides is 1. The molecule has 28 heteroatoms. The van der Waals surface area contributed by atoms with E-state index in [-0.39, 0.29) is 33.5 Å². The highest BCUT2D eigenvalue weighted by Gasteiger charge is 2.68. The van der Waals surface area contributed by atoms with E-state index in [2.05, 4.69) is 37.7 Å². The molecule has 5 aromatic rings. The van der Waals surface area contributed by atoms with E-state index in [0.29, 0.717) is 10.7 Å². The SMILES string of the molecule is CC(C)(CO)NC(=O)CS(=O)(=O)Nc1nn(CC(F)(F)F)c2c(-c3ccc(C#CC(C)(C)S(C)(=O)=O)nc3[C@H](Cc3cc(F)cc(F)c3)NC(=O)Cn3nc(C(F)(F)F)c4c3C(F)(F)[C@@H]3C[C@H]43)ccc(Cl)c12. The third-order valence-electron chi connectivity index (χ3n) is 11.8. The van der Waals surface area contributed by atoms with Gasteiger partial charge in [0.1, 0.15) is 46.6 Å². The van der Waals surface area contributed by atoms with Crippen LogP contribution in [0.3, 0.4) is 0 Å². The summed E-state index contributed by atoms with van der Waals surface area (Å²) in [5.41, 5.74) is -7.00. The number of aliphatic hydroxyl groups excluding tert-OH is 1. The number of fused-ring (bicyclic) bond motifs is 4. The Bertz CT molecular complexity index is 3310. The first-order valence-electron chi connectivity index (χ1n) is 21.2. The fraction of sp³-hybridized carbons (Fsp3) is 0.432. The second kappa shape index (κ2) is 18.5. The van der Waals surface area contributed by atoms with Crippen LogP contribution in [0, 0.1) is 29.4 Å². The van der Waals surface area contributed by atoms with Crippen LogP contribution in [-0.4, -0.2) is 93.4 Å². The van der Waals surface area contributed by atoms with Crippen LogP contribution in [0.5, 0.6) is 0 Å². The van der Waals surface area contributed by atoms with Gasteiger partial charge in [0.25, 0.3) is 5.92 Å². The van der Waals surface area contributed by atoms with Gasteiger partial charge in [-0.1, -0.05) is 23.6 Å². The highest BCUT2D eigenvalue weighted by Crippen LogP contribution is 2.68. The average Bonchev–Trinajstić information content (AvgIpc) is 3.75. The molecule has 3 aromatic heterocycles. The Kier molecular flexibility index (Phi) is 13.8.